The lowest BCUT2D eigenvalue weighted by Gasteiger charge is -2.36. The zero-order chi connectivity index (χ0) is 19.9. The highest BCUT2D eigenvalue weighted by molar-refractivity contribution is 5.78. The smallest absolute Gasteiger partial charge is 0.387 e. The van der Waals surface area contributed by atoms with E-state index in [9.17, 15) is 13.6 Å². The van der Waals surface area contributed by atoms with Crippen molar-refractivity contribution in [2.45, 2.75) is 32.4 Å². The number of benzene rings is 1. The van der Waals surface area contributed by atoms with Crippen LogP contribution in [0.3, 0.4) is 0 Å². The Hall–Kier alpha value is -1.93. The Labute approximate surface area is 165 Å². The van der Waals surface area contributed by atoms with Crippen LogP contribution in [0.5, 0.6) is 11.5 Å². The normalized spacial score (nSPS) is 19.1. The highest BCUT2D eigenvalue weighted by atomic mass is 19.3. The van der Waals surface area contributed by atoms with Gasteiger partial charge >= 0.3 is 6.61 Å². The molecule has 1 aromatic rings. The van der Waals surface area contributed by atoms with E-state index in [4.69, 9.17) is 4.74 Å². The molecule has 0 N–H and O–H groups in total. The van der Waals surface area contributed by atoms with Crippen LogP contribution in [0.15, 0.2) is 18.2 Å². The minimum atomic E-state index is -2.87. The highest BCUT2D eigenvalue weighted by Crippen LogP contribution is 2.30. The highest BCUT2D eigenvalue weighted by Gasteiger charge is 2.23. The molecule has 28 heavy (non-hydrogen) atoms. The number of hydrogen-bond acceptors (Lipinski definition) is 5. The van der Waals surface area contributed by atoms with Crippen LogP contribution < -0.4 is 9.47 Å². The predicted octanol–water partition coefficient (Wildman–Crippen LogP) is 2.43. The van der Waals surface area contributed by atoms with E-state index in [1.54, 1.807) is 12.1 Å². The lowest BCUT2D eigenvalue weighted by molar-refractivity contribution is -0.133. The Morgan fingerprint density at radius 2 is 1.68 bits per heavy atom. The molecule has 0 aromatic heterocycles. The number of methoxy groups -OCH3 is 1. The molecule has 2 aliphatic heterocycles. The molecule has 0 radical (unpaired) electrons. The van der Waals surface area contributed by atoms with Crippen molar-refractivity contribution < 1.29 is 23.0 Å². The number of rotatable bonds is 7. The fraction of sp³-hybridized carbons (Fsp3) is 0.650. The maximum atomic E-state index is 12.4. The number of piperidine rings is 1. The molecule has 3 rings (SSSR count). The summed E-state index contributed by atoms with van der Waals surface area (Å²) in [5.41, 5.74) is 0.983. The molecule has 1 amide bonds. The van der Waals surface area contributed by atoms with E-state index in [0.29, 0.717) is 18.8 Å². The lowest BCUT2D eigenvalue weighted by Crippen LogP contribution is -2.50. The van der Waals surface area contributed by atoms with Gasteiger partial charge in [0.15, 0.2) is 11.5 Å². The Bertz CT molecular complexity index is 646. The van der Waals surface area contributed by atoms with Gasteiger partial charge in [0, 0.05) is 45.8 Å². The van der Waals surface area contributed by atoms with Gasteiger partial charge in [-0.3, -0.25) is 14.6 Å². The molecule has 0 unspecified atom stereocenters. The second kappa shape index (κ2) is 10.0. The van der Waals surface area contributed by atoms with Crippen LogP contribution in [0.2, 0.25) is 0 Å². The molecule has 2 aliphatic rings. The topological polar surface area (TPSA) is 45.2 Å². The van der Waals surface area contributed by atoms with Crippen LogP contribution in [0.4, 0.5) is 8.78 Å². The Morgan fingerprint density at radius 1 is 1.00 bits per heavy atom. The average Bonchev–Trinajstić information content (AvgIpc) is 2.71. The van der Waals surface area contributed by atoms with E-state index >= 15 is 0 Å². The summed E-state index contributed by atoms with van der Waals surface area (Å²) in [5, 5.41) is 0. The number of amides is 1. The van der Waals surface area contributed by atoms with Gasteiger partial charge in [0.05, 0.1) is 13.7 Å². The third kappa shape index (κ3) is 5.78. The van der Waals surface area contributed by atoms with Gasteiger partial charge in [-0.15, -0.1) is 0 Å². The number of carbonyl (C=O) groups excluding carboxylic acids is 1. The van der Waals surface area contributed by atoms with Crippen molar-refractivity contribution in [2.75, 3.05) is 52.9 Å². The van der Waals surface area contributed by atoms with Gasteiger partial charge in [-0.1, -0.05) is 6.07 Å². The van der Waals surface area contributed by atoms with Crippen LogP contribution in [-0.4, -0.2) is 80.1 Å². The molecule has 1 aromatic carbocycles. The molecule has 2 fully saturated rings. The summed E-state index contributed by atoms with van der Waals surface area (Å²) in [6.07, 6.45) is 3.46. The molecule has 156 valence electrons. The van der Waals surface area contributed by atoms with Crippen LogP contribution in [0.25, 0.3) is 0 Å². The molecular weight excluding hydrogens is 368 g/mol. The van der Waals surface area contributed by atoms with Crippen molar-refractivity contribution in [3.05, 3.63) is 23.8 Å². The summed E-state index contributed by atoms with van der Waals surface area (Å²) < 4.78 is 34.5. The Balaban J connectivity index is 1.46. The molecule has 0 bridgehead atoms. The molecule has 0 spiro atoms. The number of piperazine rings is 1. The van der Waals surface area contributed by atoms with Crippen molar-refractivity contribution in [3.63, 3.8) is 0 Å². The van der Waals surface area contributed by atoms with E-state index in [1.165, 1.54) is 19.6 Å². The molecular formula is C20H29F2N3O3. The Kier molecular flexibility index (Phi) is 7.44. The number of ether oxygens (including phenoxy) is 2. The lowest BCUT2D eigenvalue weighted by atomic mass is 10.1. The third-order valence-electron chi connectivity index (χ3n) is 5.38. The standard InChI is InChI=1S/C20H29F2N3O3/c1-27-18-13-16(5-6-17(18)28-20(21)22)14-23-9-11-24(12-10-23)15-19(26)25-7-3-2-4-8-25/h5-6,13,20H,2-4,7-12,14-15H2,1H3. The summed E-state index contributed by atoms with van der Waals surface area (Å²) in [4.78, 5) is 18.9. The van der Waals surface area contributed by atoms with Gasteiger partial charge in [-0.25, -0.2) is 0 Å². The zero-order valence-electron chi connectivity index (χ0n) is 16.4. The summed E-state index contributed by atoms with van der Waals surface area (Å²) in [6.45, 7) is 3.56. The second-order valence-electron chi connectivity index (χ2n) is 7.36. The van der Waals surface area contributed by atoms with Gasteiger partial charge in [0.2, 0.25) is 5.91 Å². The van der Waals surface area contributed by atoms with E-state index in [-0.39, 0.29) is 11.7 Å². The molecule has 2 heterocycles. The maximum Gasteiger partial charge on any atom is 0.387 e. The summed E-state index contributed by atoms with van der Waals surface area (Å²) >= 11 is 0. The molecule has 0 atom stereocenters. The van der Waals surface area contributed by atoms with Crippen LogP contribution in [0.1, 0.15) is 24.8 Å². The minimum Gasteiger partial charge on any atom is -0.493 e. The summed E-state index contributed by atoms with van der Waals surface area (Å²) in [7, 11) is 1.44. The molecule has 2 saturated heterocycles. The van der Waals surface area contributed by atoms with E-state index in [2.05, 4.69) is 14.5 Å². The monoisotopic (exact) mass is 397 g/mol. The van der Waals surface area contributed by atoms with Gasteiger partial charge in [0.1, 0.15) is 0 Å². The molecule has 0 saturated carbocycles. The minimum absolute atomic E-state index is 0.0438. The third-order valence-corrected chi connectivity index (χ3v) is 5.38. The van der Waals surface area contributed by atoms with Gasteiger partial charge in [-0.2, -0.15) is 8.78 Å². The Morgan fingerprint density at radius 3 is 2.32 bits per heavy atom. The number of hydrogen-bond donors (Lipinski definition) is 0. The van der Waals surface area contributed by atoms with Gasteiger partial charge in [0.25, 0.3) is 0 Å². The van der Waals surface area contributed by atoms with E-state index in [0.717, 1.165) is 57.7 Å². The number of halogens is 2. The van der Waals surface area contributed by atoms with Crippen molar-refractivity contribution >= 4 is 5.91 Å². The summed E-state index contributed by atoms with van der Waals surface area (Å²) in [5.74, 6) is 0.596. The van der Waals surface area contributed by atoms with Gasteiger partial charge < -0.3 is 14.4 Å². The van der Waals surface area contributed by atoms with Crippen LogP contribution >= 0.6 is 0 Å². The first-order valence-electron chi connectivity index (χ1n) is 9.89. The fourth-order valence-corrected chi connectivity index (χ4v) is 3.80. The maximum absolute atomic E-state index is 12.4. The number of likely N-dealkylation sites (tertiary alicyclic amines) is 1. The first-order valence-corrected chi connectivity index (χ1v) is 9.89. The van der Waals surface area contributed by atoms with E-state index in [1.807, 2.05) is 4.90 Å². The van der Waals surface area contributed by atoms with Crippen molar-refractivity contribution in [3.8, 4) is 11.5 Å². The summed E-state index contributed by atoms with van der Waals surface area (Å²) in [6, 6.07) is 5.05. The number of nitrogens with zero attached hydrogens (tertiary/aromatic N) is 3. The largest absolute Gasteiger partial charge is 0.493 e. The van der Waals surface area contributed by atoms with Crippen molar-refractivity contribution in [1.82, 2.24) is 14.7 Å². The molecule has 8 heteroatoms. The average molecular weight is 397 g/mol. The fourth-order valence-electron chi connectivity index (χ4n) is 3.80. The van der Waals surface area contributed by atoms with Crippen LogP contribution in [-0.2, 0) is 11.3 Å². The number of carbonyl (C=O) groups is 1. The molecule has 0 aliphatic carbocycles. The van der Waals surface area contributed by atoms with Crippen molar-refractivity contribution in [2.24, 2.45) is 0 Å². The SMILES string of the molecule is COc1cc(CN2CCN(CC(=O)N3CCCCC3)CC2)ccc1OC(F)F. The first-order chi connectivity index (χ1) is 13.5. The molecule has 6 nitrogen and oxygen atoms in total. The number of alkyl halides is 2. The first kappa shape index (κ1) is 20.8. The second-order valence-corrected chi connectivity index (χ2v) is 7.36. The predicted molar refractivity (Wildman–Crippen MR) is 102 cm³/mol. The van der Waals surface area contributed by atoms with Crippen molar-refractivity contribution in [1.29, 1.82) is 0 Å². The van der Waals surface area contributed by atoms with E-state index < -0.39 is 6.61 Å². The van der Waals surface area contributed by atoms with Gasteiger partial charge in [-0.05, 0) is 37.0 Å². The quantitative estimate of drug-likeness (QED) is 0.707. The zero-order valence-corrected chi connectivity index (χ0v) is 16.4. The van der Waals surface area contributed by atoms with Crippen LogP contribution in [0, 0.1) is 0 Å².